The van der Waals surface area contributed by atoms with Crippen LogP contribution in [0.15, 0.2) is 30.3 Å². The van der Waals surface area contributed by atoms with Gasteiger partial charge in [-0.1, -0.05) is 85.2 Å². The average Bonchev–Trinajstić information content (AvgIpc) is 3.82. The highest BCUT2D eigenvalue weighted by atomic mass is 16.5. The molecular formula is C50H87N7O11. The Morgan fingerprint density at radius 3 is 2.01 bits per heavy atom. The Balaban J connectivity index is 1.70. The molecule has 18 heteroatoms. The van der Waals surface area contributed by atoms with Crippen LogP contribution in [-0.2, 0) is 54.1 Å². The molecule has 5 amide bonds. The molecule has 0 aliphatic carbocycles. The number of amides is 5. The van der Waals surface area contributed by atoms with Crippen molar-refractivity contribution in [2.45, 2.75) is 123 Å². The lowest BCUT2D eigenvalue weighted by molar-refractivity contribution is -0.148. The van der Waals surface area contributed by atoms with Gasteiger partial charge in [-0.2, -0.15) is 0 Å². The van der Waals surface area contributed by atoms with Gasteiger partial charge in [0.1, 0.15) is 12.1 Å². The number of likely N-dealkylation sites (tertiary alicyclic amines) is 1. The summed E-state index contributed by atoms with van der Waals surface area (Å²) >= 11 is 0. The van der Waals surface area contributed by atoms with E-state index >= 15 is 0 Å². The van der Waals surface area contributed by atoms with Gasteiger partial charge in [0.05, 0.1) is 88.9 Å². The van der Waals surface area contributed by atoms with E-state index in [0.717, 1.165) is 38.2 Å². The second kappa shape index (κ2) is 31.5. The maximum atomic E-state index is 14.5. The molecule has 9 atom stereocenters. The first-order valence-electron chi connectivity index (χ1n) is 24.9. The largest absolute Gasteiger partial charge is 0.394 e. The fourth-order valence-electron chi connectivity index (χ4n) is 9.47. The minimum Gasteiger partial charge on any atom is -0.394 e. The van der Waals surface area contributed by atoms with Gasteiger partial charge in [-0.25, -0.2) is 0 Å². The molecule has 2 aliphatic rings. The number of methoxy groups -OCH3 is 2. The third-order valence-electron chi connectivity index (χ3n) is 13.4. The number of benzene rings is 1. The van der Waals surface area contributed by atoms with E-state index in [1.54, 1.807) is 30.9 Å². The van der Waals surface area contributed by atoms with Crippen LogP contribution in [0.3, 0.4) is 0 Å². The van der Waals surface area contributed by atoms with Crippen molar-refractivity contribution in [3.63, 3.8) is 0 Å². The molecule has 2 fully saturated rings. The van der Waals surface area contributed by atoms with Crippen molar-refractivity contribution < 1.29 is 52.8 Å². The van der Waals surface area contributed by atoms with Gasteiger partial charge in [-0.3, -0.25) is 28.9 Å². The Morgan fingerprint density at radius 2 is 1.44 bits per heavy atom. The van der Waals surface area contributed by atoms with E-state index in [2.05, 4.69) is 26.2 Å². The Kier molecular flexibility index (Phi) is 27.1. The average molecular weight is 962 g/mol. The number of ether oxygens (including phenoxy) is 5. The molecule has 5 N–H and O–H groups in total. The normalized spacial score (nSPS) is 19.1. The zero-order valence-corrected chi connectivity index (χ0v) is 42.8. The summed E-state index contributed by atoms with van der Waals surface area (Å²) in [5.41, 5.74) is 0.874. The van der Waals surface area contributed by atoms with Gasteiger partial charge < -0.3 is 59.9 Å². The second-order valence-electron chi connectivity index (χ2n) is 18.9. The molecule has 3 rings (SSSR count). The number of hydrogen-bond donors (Lipinski definition) is 5. The predicted molar refractivity (Wildman–Crippen MR) is 261 cm³/mol. The quantitative estimate of drug-likeness (QED) is 0.0655. The number of aliphatic hydroxyl groups is 1. The van der Waals surface area contributed by atoms with Crippen LogP contribution in [-0.4, -0.2) is 199 Å². The maximum absolute atomic E-state index is 14.5. The fourth-order valence-corrected chi connectivity index (χ4v) is 9.47. The lowest BCUT2D eigenvalue weighted by Gasteiger charge is -2.41. The number of nitrogens with one attached hydrogen (secondary N) is 4. The highest BCUT2D eigenvalue weighted by Crippen LogP contribution is 2.30. The Morgan fingerprint density at radius 1 is 0.809 bits per heavy atom. The Labute approximate surface area is 406 Å². The van der Waals surface area contributed by atoms with Crippen LogP contribution in [0.4, 0.5) is 0 Å². The van der Waals surface area contributed by atoms with E-state index in [0.29, 0.717) is 45.8 Å². The fraction of sp³-hybridized carbons (Fsp3) is 0.780. The number of likely N-dealkylation sites (N-methyl/N-ethyl adjacent to an activating group) is 1. The van der Waals surface area contributed by atoms with Crippen LogP contribution >= 0.6 is 0 Å². The van der Waals surface area contributed by atoms with Gasteiger partial charge in [-0.15, -0.1) is 0 Å². The first kappa shape index (κ1) is 58.6. The Bertz CT molecular complexity index is 1640. The van der Waals surface area contributed by atoms with Gasteiger partial charge >= 0.3 is 0 Å². The summed E-state index contributed by atoms with van der Waals surface area (Å²) in [5, 5.41) is 21.1. The van der Waals surface area contributed by atoms with Crippen LogP contribution in [0.1, 0.15) is 79.7 Å². The first-order valence-corrected chi connectivity index (χ1v) is 24.9. The van der Waals surface area contributed by atoms with E-state index in [-0.39, 0.29) is 92.5 Å². The number of hydrogen-bond acceptors (Lipinski definition) is 13. The monoisotopic (exact) mass is 962 g/mol. The lowest BCUT2D eigenvalue weighted by Crippen LogP contribution is -2.61. The Hall–Kier alpha value is -3.75. The van der Waals surface area contributed by atoms with E-state index in [1.807, 2.05) is 71.9 Å². The molecule has 388 valence electrons. The maximum Gasteiger partial charge on any atom is 0.245 e. The van der Waals surface area contributed by atoms with Gasteiger partial charge in [-0.05, 0) is 36.2 Å². The summed E-state index contributed by atoms with van der Waals surface area (Å²) in [5.74, 6) is -2.25. The molecule has 1 aromatic carbocycles. The summed E-state index contributed by atoms with van der Waals surface area (Å²) in [6.07, 6.45) is 0.948. The van der Waals surface area contributed by atoms with Crippen LogP contribution in [0.25, 0.3) is 0 Å². The van der Waals surface area contributed by atoms with Gasteiger partial charge in [0.25, 0.3) is 0 Å². The molecule has 0 bridgehead atoms. The zero-order valence-electron chi connectivity index (χ0n) is 42.8. The second-order valence-corrected chi connectivity index (χ2v) is 18.9. The third-order valence-corrected chi connectivity index (χ3v) is 13.4. The highest BCUT2D eigenvalue weighted by molar-refractivity contribution is 5.91. The molecule has 0 radical (unpaired) electrons. The van der Waals surface area contributed by atoms with Crippen LogP contribution in [0, 0.1) is 23.7 Å². The molecule has 0 saturated carbocycles. The minimum atomic E-state index is -0.888. The SMILES string of the molecule is CC[C@H](C)[C@@H]([C@@H](CC(=O)N1CCC[C@H]1[C@H](OC)[C@@H](C)C(=O)N[C@@H](Cc1ccccc1)C(=O)NCCOCCOCCOCCO)OC)N(C)C(=O)[C@@H](NC(=O)[C@H](C(C)C)N1CCNCC1)C(C)C. The smallest absolute Gasteiger partial charge is 0.245 e. The molecule has 0 spiro atoms. The molecular weight excluding hydrogens is 875 g/mol. The predicted octanol–water partition coefficient (Wildman–Crippen LogP) is 1.86. The molecule has 0 unspecified atom stereocenters. The number of nitrogens with zero attached hydrogens (tertiary/aromatic N) is 3. The van der Waals surface area contributed by atoms with Crippen molar-refractivity contribution >= 4 is 29.5 Å². The molecule has 1 aromatic rings. The number of rotatable bonds is 32. The van der Waals surface area contributed by atoms with Gasteiger partial charge in [0, 0.05) is 67.0 Å². The summed E-state index contributed by atoms with van der Waals surface area (Å²) in [4.78, 5) is 76.3. The summed E-state index contributed by atoms with van der Waals surface area (Å²) in [7, 11) is 4.84. The number of carbonyl (C=O) groups excluding carboxylic acids is 5. The highest BCUT2D eigenvalue weighted by Gasteiger charge is 2.44. The van der Waals surface area contributed by atoms with Crippen LogP contribution < -0.4 is 21.3 Å². The molecule has 18 nitrogen and oxygen atoms in total. The van der Waals surface area contributed by atoms with E-state index in [9.17, 15) is 24.0 Å². The van der Waals surface area contributed by atoms with Gasteiger partial charge in [0.15, 0.2) is 0 Å². The first-order chi connectivity index (χ1) is 32.6. The minimum absolute atomic E-state index is 0.00972. The molecule has 2 saturated heterocycles. The van der Waals surface area contributed by atoms with Crippen molar-refractivity contribution in [1.29, 1.82) is 0 Å². The molecule has 2 aliphatic heterocycles. The van der Waals surface area contributed by atoms with Crippen molar-refractivity contribution in [1.82, 2.24) is 36.0 Å². The van der Waals surface area contributed by atoms with Crippen molar-refractivity contribution in [3.05, 3.63) is 35.9 Å². The zero-order chi connectivity index (χ0) is 50.2. The summed E-state index contributed by atoms with van der Waals surface area (Å²) in [6, 6.07) is 6.50. The van der Waals surface area contributed by atoms with E-state index in [1.165, 1.54) is 7.11 Å². The number of carbonyl (C=O) groups is 5. The summed E-state index contributed by atoms with van der Waals surface area (Å²) in [6.45, 7) is 19.5. The third kappa shape index (κ3) is 18.2. The number of aliphatic hydroxyl groups excluding tert-OH is 1. The molecule has 68 heavy (non-hydrogen) atoms. The van der Waals surface area contributed by atoms with E-state index < -0.39 is 42.3 Å². The number of piperazine rings is 1. The lowest BCUT2D eigenvalue weighted by atomic mass is 9.89. The standard InChI is InChI=1S/C50H87N7O11/c1-11-36(6)45(55(8)50(63)43(34(2)3)54-49(62)44(35(4)5)56-23-19-51-20-24-56)41(64-9)33-42(59)57-22-15-18-40(57)46(65-10)37(7)47(60)53-39(32-38-16-13-12-14-17-38)48(61)52-21-26-66-28-30-68-31-29-67-27-25-58/h12-14,16-17,34-37,39-41,43-46,51,58H,11,15,18-33H2,1-10H3,(H,52,61)(H,53,60)(H,54,62)/t36-,37+,39-,40-,41+,43-,44-,45-,46+/m0/s1. The summed E-state index contributed by atoms with van der Waals surface area (Å²) < 4.78 is 28.4. The van der Waals surface area contributed by atoms with Crippen molar-refractivity contribution in [3.8, 4) is 0 Å². The van der Waals surface area contributed by atoms with Crippen LogP contribution in [0.5, 0.6) is 0 Å². The van der Waals surface area contributed by atoms with Gasteiger partial charge in [0.2, 0.25) is 29.5 Å². The van der Waals surface area contributed by atoms with Crippen LogP contribution in [0.2, 0.25) is 0 Å². The van der Waals surface area contributed by atoms with Crippen molar-refractivity contribution in [2.24, 2.45) is 23.7 Å². The topological polar surface area (TPSA) is 210 Å². The molecule has 0 aromatic heterocycles. The van der Waals surface area contributed by atoms with E-state index in [4.69, 9.17) is 28.8 Å². The van der Waals surface area contributed by atoms with Crippen molar-refractivity contribution in [2.75, 3.05) is 107 Å². The molecule has 2 heterocycles.